The molecule has 0 saturated carbocycles. The van der Waals surface area contributed by atoms with Crippen molar-refractivity contribution in [1.82, 2.24) is 4.90 Å². The van der Waals surface area contributed by atoms with Gasteiger partial charge in [0.05, 0.1) is 5.56 Å². The van der Waals surface area contributed by atoms with E-state index >= 15 is 0 Å². The zero-order valence-electron chi connectivity index (χ0n) is 14.0. The van der Waals surface area contributed by atoms with Crippen LogP contribution in [-0.4, -0.2) is 37.0 Å². The molecular weight excluding hydrogens is 326 g/mol. The number of carbonyl (C=O) groups excluding carboxylic acids is 1. The van der Waals surface area contributed by atoms with Crippen LogP contribution in [0, 0.1) is 11.6 Å². The van der Waals surface area contributed by atoms with Crippen molar-refractivity contribution >= 4 is 11.6 Å². The minimum atomic E-state index is -0.892. The summed E-state index contributed by atoms with van der Waals surface area (Å²) in [5, 5.41) is 2.61. The van der Waals surface area contributed by atoms with Crippen LogP contribution >= 0.6 is 0 Å². The second kappa shape index (κ2) is 7.61. The van der Waals surface area contributed by atoms with E-state index in [1.54, 1.807) is 18.2 Å². The van der Waals surface area contributed by atoms with Gasteiger partial charge in [-0.05, 0) is 44.2 Å². The Morgan fingerprint density at radius 1 is 1.16 bits per heavy atom. The van der Waals surface area contributed by atoms with Crippen molar-refractivity contribution in [2.45, 2.75) is 18.9 Å². The Morgan fingerprint density at radius 2 is 1.92 bits per heavy atom. The lowest BCUT2D eigenvalue weighted by atomic mass is 10.1. The molecule has 1 fully saturated rings. The maximum Gasteiger partial charge on any atom is 0.258 e. The van der Waals surface area contributed by atoms with Gasteiger partial charge in [-0.15, -0.1) is 0 Å². The Kier molecular flexibility index (Phi) is 5.28. The van der Waals surface area contributed by atoms with Crippen LogP contribution in [0.3, 0.4) is 0 Å². The van der Waals surface area contributed by atoms with Crippen molar-refractivity contribution in [2.24, 2.45) is 0 Å². The van der Waals surface area contributed by atoms with Crippen LogP contribution in [0.5, 0.6) is 5.75 Å². The number of anilines is 1. The highest BCUT2D eigenvalue weighted by molar-refractivity contribution is 6.04. The third-order valence-electron chi connectivity index (χ3n) is 4.24. The first-order chi connectivity index (χ1) is 12.0. The smallest absolute Gasteiger partial charge is 0.258 e. The molecule has 2 aromatic rings. The summed E-state index contributed by atoms with van der Waals surface area (Å²) < 4.78 is 32.6. The van der Waals surface area contributed by atoms with Crippen LogP contribution < -0.4 is 10.1 Å². The van der Waals surface area contributed by atoms with E-state index in [9.17, 15) is 13.6 Å². The van der Waals surface area contributed by atoms with Crippen molar-refractivity contribution in [3.05, 3.63) is 59.7 Å². The summed E-state index contributed by atoms with van der Waals surface area (Å²) in [7, 11) is 2.08. The molecule has 1 N–H and O–H groups in total. The third kappa shape index (κ3) is 4.54. The summed E-state index contributed by atoms with van der Waals surface area (Å²) in [6.07, 6.45) is 2.05. The quantitative estimate of drug-likeness (QED) is 0.918. The zero-order valence-corrected chi connectivity index (χ0v) is 14.0. The summed E-state index contributed by atoms with van der Waals surface area (Å²) in [5.74, 6) is -1.58. The van der Waals surface area contributed by atoms with Crippen molar-refractivity contribution in [2.75, 3.05) is 25.5 Å². The number of ether oxygens (including phenoxy) is 1. The van der Waals surface area contributed by atoms with E-state index in [4.69, 9.17) is 4.74 Å². The van der Waals surface area contributed by atoms with Crippen LogP contribution in [0.25, 0.3) is 0 Å². The number of amides is 1. The molecule has 25 heavy (non-hydrogen) atoms. The number of nitrogens with zero attached hydrogens (tertiary/aromatic N) is 1. The summed E-state index contributed by atoms with van der Waals surface area (Å²) in [4.78, 5) is 14.4. The second-order valence-corrected chi connectivity index (χ2v) is 6.23. The van der Waals surface area contributed by atoms with E-state index in [0.29, 0.717) is 17.5 Å². The molecule has 3 rings (SSSR count). The van der Waals surface area contributed by atoms with Gasteiger partial charge in [0.1, 0.15) is 23.5 Å². The minimum absolute atomic E-state index is 0.150. The molecule has 0 bridgehead atoms. The standard InChI is InChI=1S/C19H20F2N2O2/c1-23-9-7-15(8-10-23)25-16-4-2-3-14(12-16)22-19(24)17-6-5-13(20)11-18(17)21/h2-6,11-12,15H,7-10H2,1H3,(H,22,24). The van der Waals surface area contributed by atoms with Gasteiger partial charge in [0.25, 0.3) is 5.91 Å². The predicted octanol–water partition coefficient (Wildman–Crippen LogP) is 3.69. The van der Waals surface area contributed by atoms with Crippen molar-refractivity contribution in [1.29, 1.82) is 0 Å². The molecule has 4 nitrogen and oxygen atoms in total. The average molecular weight is 346 g/mol. The van der Waals surface area contributed by atoms with E-state index in [1.807, 2.05) is 6.07 Å². The van der Waals surface area contributed by atoms with E-state index < -0.39 is 17.5 Å². The Labute approximate surface area is 145 Å². The summed E-state index contributed by atoms with van der Waals surface area (Å²) in [6.45, 7) is 1.98. The van der Waals surface area contributed by atoms with E-state index in [2.05, 4.69) is 17.3 Å². The maximum absolute atomic E-state index is 13.7. The zero-order chi connectivity index (χ0) is 17.8. The molecule has 0 atom stereocenters. The molecule has 0 unspecified atom stereocenters. The number of likely N-dealkylation sites (tertiary alicyclic amines) is 1. The van der Waals surface area contributed by atoms with E-state index in [1.165, 1.54) is 0 Å². The fraction of sp³-hybridized carbons (Fsp3) is 0.316. The number of carbonyl (C=O) groups is 1. The molecule has 1 heterocycles. The number of nitrogens with one attached hydrogen (secondary N) is 1. The highest BCUT2D eigenvalue weighted by Gasteiger charge is 2.18. The number of benzene rings is 2. The fourth-order valence-corrected chi connectivity index (χ4v) is 2.81. The van der Waals surface area contributed by atoms with Gasteiger partial charge in [-0.3, -0.25) is 4.79 Å². The van der Waals surface area contributed by atoms with Gasteiger partial charge in [-0.25, -0.2) is 8.78 Å². The second-order valence-electron chi connectivity index (χ2n) is 6.23. The van der Waals surface area contributed by atoms with E-state index in [-0.39, 0.29) is 11.7 Å². The molecule has 2 aromatic carbocycles. The summed E-state index contributed by atoms with van der Waals surface area (Å²) in [6, 6.07) is 9.86. The van der Waals surface area contributed by atoms with Gasteiger partial charge >= 0.3 is 0 Å². The summed E-state index contributed by atoms with van der Waals surface area (Å²) >= 11 is 0. The first-order valence-electron chi connectivity index (χ1n) is 8.23. The van der Waals surface area contributed by atoms with Gasteiger partial charge in [0.15, 0.2) is 0 Å². The maximum atomic E-state index is 13.7. The minimum Gasteiger partial charge on any atom is -0.490 e. The van der Waals surface area contributed by atoms with E-state index in [0.717, 1.165) is 38.1 Å². The Morgan fingerprint density at radius 3 is 2.64 bits per heavy atom. The first-order valence-corrected chi connectivity index (χ1v) is 8.23. The molecule has 6 heteroatoms. The molecule has 1 aliphatic heterocycles. The van der Waals surface area contributed by atoms with Gasteiger partial charge in [-0.1, -0.05) is 6.07 Å². The average Bonchev–Trinajstić information content (AvgIpc) is 2.57. The number of halogens is 2. The molecule has 0 spiro atoms. The molecule has 0 aliphatic carbocycles. The lowest BCUT2D eigenvalue weighted by molar-refractivity contribution is 0.102. The van der Waals surface area contributed by atoms with Gasteiger partial charge in [0.2, 0.25) is 0 Å². The number of hydrogen-bond acceptors (Lipinski definition) is 3. The van der Waals surface area contributed by atoms with Crippen molar-refractivity contribution in [3.63, 3.8) is 0 Å². The topological polar surface area (TPSA) is 41.6 Å². The number of rotatable bonds is 4. The SMILES string of the molecule is CN1CCC(Oc2cccc(NC(=O)c3ccc(F)cc3F)c2)CC1. The molecule has 1 aliphatic rings. The largest absolute Gasteiger partial charge is 0.490 e. The normalized spacial score (nSPS) is 15.8. The monoisotopic (exact) mass is 346 g/mol. The molecule has 0 aromatic heterocycles. The molecular formula is C19H20F2N2O2. The van der Waals surface area contributed by atoms with Gasteiger partial charge in [0, 0.05) is 30.9 Å². The van der Waals surface area contributed by atoms with Gasteiger partial charge < -0.3 is 15.0 Å². The molecule has 0 radical (unpaired) electrons. The number of piperidine rings is 1. The molecule has 132 valence electrons. The van der Waals surface area contributed by atoms with Gasteiger partial charge in [-0.2, -0.15) is 0 Å². The fourth-order valence-electron chi connectivity index (χ4n) is 2.81. The highest BCUT2D eigenvalue weighted by Crippen LogP contribution is 2.22. The van der Waals surface area contributed by atoms with Crippen LogP contribution in [0.4, 0.5) is 14.5 Å². The summed E-state index contributed by atoms with van der Waals surface area (Å²) in [5.41, 5.74) is 0.294. The Hall–Kier alpha value is -2.47. The van der Waals surface area contributed by atoms with Crippen LogP contribution in [0.15, 0.2) is 42.5 Å². The van der Waals surface area contributed by atoms with Crippen molar-refractivity contribution < 1.29 is 18.3 Å². The van der Waals surface area contributed by atoms with Crippen LogP contribution in [0.2, 0.25) is 0 Å². The van der Waals surface area contributed by atoms with Crippen molar-refractivity contribution in [3.8, 4) is 5.75 Å². The predicted molar refractivity (Wildman–Crippen MR) is 91.9 cm³/mol. The molecule has 1 saturated heterocycles. The third-order valence-corrected chi connectivity index (χ3v) is 4.24. The lowest BCUT2D eigenvalue weighted by Gasteiger charge is -2.29. The highest BCUT2D eigenvalue weighted by atomic mass is 19.1. The first kappa shape index (κ1) is 17.4. The molecule has 1 amide bonds. The van der Waals surface area contributed by atoms with Crippen LogP contribution in [-0.2, 0) is 0 Å². The Balaban J connectivity index is 1.66. The van der Waals surface area contributed by atoms with Crippen LogP contribution in [0.1, 0.15) is 23.2 Å². The number of hydrogen-bond donors (Lipinski definition) is 1. The lowest BCUT2D eigenvalue weighted by Crippen LogP contribution is -2.35. The Bertz CT molecular complexity index is 759.